The van der Waals surface area contributed by atoms with E-state index in [0.717, 1.165) is 11.1 Å². The number of carbonyl (C=O) groups is 1. The molecule has 0 fully saturated rings. The van der Waals surface area contributed by atoms with E-state index in [1.165, 1.54) is 25.3 Å². The topological polar surface area (TPSA) is 65.0 Å². The molecule has 6 heteroatoms. The highest BCUT2D eigenvalue weighted by Gasteiger charge is 2.03. The van der Waals surface area contributed by atoms with Crippen molar-refractivity contribution >= 4 is 29.5 Å². The maximum atomic E-state index is 12.0. The minimum atomic E-state index is -0.202. The van der Waals surface area contributed by atoms with Crippen molar-refractivity contribution in [2.75, 3.05) is 21.3 Å². The van der Waals surface area contributed by atoms with Gasteiger partial charge in [-0.3, -0.25) is 4.79 Å². The summed E-state index contributed by atoms with van der Waals surface area (Å²) >= 11 is 6.17. The fourth-order valence-corrected chi connectivity index (χ4v) is 2.59. The predicted molar refractivity (Wildman–Crippen MR) is 120 cm³/mol. The van der Waals surface area contributed by atoms with Gasteiger partial charge < -0.3 is 19.3 Å². The molecule has 0 aliphatic rings. The smallest absolute Gasteiger partial charge is 0.178 e. The van der Waals surface area contributed by atoms with E-state index in [1.54, 1.807) is 50.7 Å². The van der Waals surface area contributed by atoms with Gasteiger partial charge in [-0.15, -0.1) is 0 Å². The van der Waals surface area contributed by atoms with Crippen LogP contribution in [-0.2, 0) is 4.79 Å². The highest BCUT2D eigenvalue weighted by atomic mass is 35.5. The SMILES string of the molecule is COc1cc(/C=C/C(=O)/C=C/C=C(Cl)/C=C/c2ccc(OC)c(OC)c2)ccc1O. The molecule has 156 valence electrons. The van der Waals surface area contributed by atoms with Gasteiger partial charge in [0.15, 0.2) is 28.8 Å². The maximum absolute atomic E-state index is 12.0. The van der Waals surface area contributed by atoms with Crippen LogP contribution in [-0.4, -0.2) is 32.2 Å². The Bertz CT molecular complexity index is 1000. The summed E-state index contributed by atoms with van der Waals surface area (Å²) in [6.45, 7) is 0. The Morgan fingerprint density at radius 1 is 0.833 bits per heavy atom. The summed E-state index contributed by atoms with van der Waals surface area (Å²) in [6.07, 6.45) is 11.2. The van der Waals surface area contributed by atoms with Crippen LogP contribution in [0.4, 0.5) is 0 Å². The molecule has 0 aliphatic heterocycles. The minimum Gasteiger partial charge on any atom is -0.504 e. The number of phenolic OH excluding ortho intramolecular Hbond substituents is 1. The first-order valence-corrected chi connectivity index (χ1v) is 9.37. The fraction of sp³-hybridized carbons (Fsp3) is 0.125. The van der Waals surface area contributed by atoms with Crippen LogP contribution in [0.1, 0.15) is 11.1 Å². The number of benzene rings is 2. The van der Waals surface area contributed by atoms with Crippen LogP contribution < -0.4 is 14.2 Å². The molecule has 0 saturated carbocycles. The summed E-state index contributed by atoms with van der Waals surface area (Å²) < 4.78 is 15.5. The molecular weight excluding hydrogens is 404 g/mol. The van der Waals surface area contributed by atoms with Crippen molar-refractivity contribution in [3.63, 3.8) is 0 Å². The first-order chi connectivity index (χ1) is 14.5. The Balaban J connectivity index is 1.97. The molecule has 1 N–H and O–H groups in total. The number of hydrogen-bond acceptors (Lipinski definition) is 5. The number of rotatable bonds is 9. The number of methoxy groups -OCH3 is 3. The molecular formula is C24H23ClO5. The number of allylic oxidation sites excluding steroid dienone is 6. The fourth-order valence-electron chi connectivity index (χ4n) is 2.45. The Kier molecular flexibility index (Phi) is 8.78. The minimum absolute atomic E-state index is 0.0433. The molecule has 0 heterocycles. The lowest BCUT2D eigenvalue weighted by Crippen LogP contribution is -1.90. The Morgan fingerprint density at radius 2 is 1.43 bits per heavy atom. The Labute approximate surface area is 181 Å². The molecule has 0 saturated heterocycles. The molecule has 0 aliphatic carbocycles. The van der Waals surface area contributed by atoms with E-state index in [9.17, 15) is 9.90 Å². The second-order valence-corrected chi connectivity index (χ2v) is 6.46. The van der Waals surface area contributed by atoms with Gasteiger partial charge in [0.1, 0.15) is 0 Å². The van der Waals surface area contributed by atoms with Crippen LogP contribution in [0.3, 0.4) is 0 Å². The monoisotopic (exact) mass is 426 g/mol. The molecule has 2 aromatic carbocycles. The zero-order valence-corrected chi connectivity index (χ0v) is 17.7. The first kappa shape index (κ1) is 22.8. The van der Waals surface area contributed by atoms with Gasteiger partial charge in [0.25, 0.3) is 0 Å². The molecule has 5 nitrogen and oxygen atoms in total. The largest absolute Gasteiger partial charge is 0.504 e. The summed E-state index contributed by atoms with van der Waals surface area (Å²) in [5, 5.41) is 10.0. The van der Waals surface area contributed by atoms with Crippen molar-refractivity contribution in [1.29, 1.82) is 0 Å². The summed E-state index contributed by atoms with van der Waals surface area (Å²) in [5.41, 5.74) is 1.63. The van der Waals surface area contributed by atoms with Crippen molar-refractivity contribution in [2.24, 2.45) is 0 Å². The van der Waals surface area contributed by atoms with Crippen LogP contribution in [0.25, 0.3) is 12.2 Å². The van der Waals surface area contributed by atoms with Crippen molar-refractivity contribution in [1.82, 2.24) is 0 Å². The van der Waals surface area contributed by atoms with E-state index in [-0.39, 0.29) is 11.5 Å². The lowest BCUT2D eigenvalue weighted by atomic mass is 10.1. The van der Waals surface area contributed by atoms with Crippen molar-refractivity contribution in [3.05, 3.63) is 82.9 Å². The molecule has 0 amide bonds. The van der Waals surface area contributed by atoms with Crippen molar-refractivity contribution in [3.8, 4) is 23.0 Å². The number of aromatic hydroxyl groups is 1. The summed E-state index contributed by atoms with van der Waals surface area (Å²) in [5.74, 6) is 1.46. The molecule has 0 spiro atoms. The van der Waals surface area contributed by atoms with Gasteiger partial charge >= 0.3 is 0 Å². The second kappa shape index (κ2) is 11.5. The molecule has 0 unspecified atom stereocenters. The number of ketones is 1. The van der Waals surface area contributed by atoms with E-state index in [2.05, 4.69) is 0 Å². The van der Waals surface area contributed by atoms with Crippen LogP contribution in [0.2, 0.25) is 0 Å². The zero-order valence-electron chi connectivity index (χ0n) is 17.0. The van der Waals surface area contributed by atoms with Crippen LogP contribution in [0, 0.1) is 0 Å². The lowest BCUT2D eigenvalue weighted by Gasteiger charge is -2.07. The third-order valence-electron chi connectivity index (χ3n) is 4.00. The number of carbonyl (C=O) groups excluding carboxylic acids is 1. The summed E-state index contributed by atoms with van der Waals surface area (Å²) in [6, 6.07) is 10.4. The molecule has 0 bridgehead atoms. The van der Waals surface area contributed by atoms with E-state index < -0.39 is 0 Å². The van der Waals surface area contributed by atoms with E-state index in [0.29, 0.717) is 22.3 Å². The van der Waals surface area contributed by atoms with Gasteiger partial charge in [0, 0.05) is 5.03 Å². The third-order valence-corrected chi connectivity index (χ3v) is 4.25. The second-order valence-electron chi connectivity index (χ2n) is 6.03. The number of ether oxygens (including phenoxy) is 3. The molecule has 2 aromatic rings. The van der Waals surface area contributed by atoms with Crippen LogP contribution in [0.5, 0.6) is 23.0 Å². The predicted octanol–water partition coefficient (Wildman–Crippen LogP) is 5.39. The molecule has 2 rings (SSSR count). The molecule has 0 radical (unpaired) electrons. The molecule has 0 aromatic heterocycles. The van der Waals surface area contributed by atoms with Crippen molar-refractivity contribution in [2.45, 2.75) is 0 Å². The van der Waals surface area contributed by atoms with E-state index in [1.807, 2.05) is 24.3 Å². The lowest BCUT2D eigenvalue weighted by molar-refractivity contribution is -0.110. The highest BCUT2D eigenvalue weighted by Crippen LogP contribution is 2.28. The van der Waals surface area contributed by atoms with E-state index in [4.69, 9.17) is 25.8 Å². The highest BCUT2D eigenvalue weighted by molar-refractivity contribution is 6.31. The normalized spacial score (nSPS) is 12.1. The average Bonchev–Trinajstić information content (AvgIpc) is 2.76. The van der Waals surface area contributed by atoms with Gasteiger partial charge in [-0.1, -0.05) is 42.0 Å². The standard InChI is InChI=1S/C24H23ClO5/c1-28-22-14-10-17(16-24(22)30-3)7-11-19(25)5-4-6-20(26)12-8-18-9-13-21(27)23(15-18)29-2/h4-16,27H,1-3H3/b6-4+,11-7+,12-8+,19-5-. The summed E-state index contributed by atoms with van der Waals surface area (Å²) in [4.78, 5) is 12.0. The Hall–Kier alpha value is -3.44. The number of hydrogen-bond donors (Lipinski definition) is 1. The Morgan fingerprint density at radius 3 is 2.10 bits per heavy atom. The van der Waals surface area contributed by atoms with Crippen LogP contribution >= 0.6 is 11.6 Å². The summed E-state index contributed by atoms with van der Waals surface area (Å²) in [7, 11) is 4.62. The zero-order chi connectivity index (χ0) is 21.9. The maximum Gasteiger partial charge on any atom is 0.178 e. The van der Waals surface area contributed by atoms with Gasteiger partial charge in [0.2, 0.25) is 0 Å². The average molecular weight is 427 g/mol. The molecule has 0 atom stereocenters. The number of halogens is 1. The van der Waals surface area contributed by atoms with Crippen LogP contribution in [0.15, 0.2) is 71.8 Å². The van der Waals surface area contributed by atoms with Gasteiger partial charge in [0.05, 0.1) is 21.3 Å². The van der Waals surface area contributed by atoms with Gasteiger partial charge in [-0.25, -0.2) is 0 Å². The van der Waals surface area contributed by atoms with Crippen molar-refractivity contribution < 1.29 is 24.1 Å². The first-order valence-electron chi connectivity index (χ1n) is 9.00. The van der Waals surface area contributed by atoms with E-state index >= 15 is 0 Å². The number of phenols is 1. The third kappa shape index (κ3) is 6.87. The van der Waals surface area contributed by atoms with Gasteiger partial charge in [-0.2, -0.15) is 0 Å². The molecule has 30 heavy (non-hydrogen) atoms. The van der Waals surface area contributed by atoms with Gasteiger partial charge in [-0.05, 0) is 59.7 Å². The quantitative estimate of drug-likeness (QED) is 0.430.